The number of hydrogen-bond acceptors (Lipinski definition) is 4. The molecule has 0 aliphatic rings. The number of nitrogens with zero attached hydrogens (tertiary/aromatic N) is 2. The van der Waals surface area contributed by atoms with Crippen LogP contribution in [0.25, 0.3) is 0 Å². The third-order valence-corrected chi connectivity index (χ3v) is 6.18. The fourth-order valence-corrected chi connectivity index (χ4v) is 4.12. The maximum absolute atomic E-state index is 13.6. The molecule has 0 bridgehead atoms. The van der Waals surface area contributed by atoms with Gasteiger partial charge in [-0.1, -0.05) is 84.4 Å². The summed E-state index contributed by atoms with van der Waals surface area (Å²) in [6.45, 7) is 0.335. The lowest BCUT2D eigenvalue weighted by molar-refractivity contribution is -0.142. The maximum atomic E-state index is 13.6. The number of aromatic nitrogens is 1. The van der Waals surface area contributed by atoms with Crippen LogP contribution in [0.15, 0.2) is 109 Å². The van der Waals surface area contributed by atoms with Crippen LogP contribution in [-0.4, -0.2) is 34.3 Å². The monoisotopic (exact) mass is 513 g/mol. The smallest absolute Gasteiger partial charge is 0.261 e. The highest BCUT2D eigenvalue weighted by Crippen LogP contribution is 2.23. The first-order chi connectivity index (χ1) is 18.1. The molecule has 0 saturated heterocycles. The second-order valence-corrected chi connectivity index (χ2v) is 8.91. The minimum absolute atomic E-state index is 0.248. The van der Waals surface area contributed by atoms with Crippen molar-refractivity contribution in [2.24, 2.45) is 0 Å². The van der Waals surface area contributed by atoms with E-state index in [2.05, 4.69) is 10.3 Å². The fraction of sp³-hybridized carbons (Fsp3) is 0.167. The largest absolute Gasteiger partial charge is 0.482 e. The van der Waals surface area contributed by atoms with Gasteiger partial charge in [0.15, 0.2) is 6.61 Å². The number of para-hydroxylation sites is 1. The summed E-state index contributed by atoms with van der Waals surface area (Å²) in [6, 6.07) is 29.2. The minimum atomic E-state index is -0.758. The molecule has 0 spiro atoms. The quantitative estimate of drug-likeness (QED) is 0.304. The number of halogens is 1. The van der Waals surface area contributed by atoms with E-state index in [1.54, 1.807) is 41.6 Å². The topological polar surface area (TPSA) is 71.5 Å². The molecule has 7 heteroatoms. The van der Waals surface area contributed by atoms with Gasteiger partial charge in [0.2, 0.25) is 5.91 Å². The summed E-state index contributed by atoms with van der Waals surface area (Å²) in [5.41, 5.74) is 2.78. The van der Waals surface area contributed by atoms with Crippen LogP contribution in [0.5, 0.6) is 5.75 Å². The van der Waals surface area contributed by atoms with Crippen LogP contribution < -0.4 is 10.1 Å². The number of carbonyl (C=O) groups is 2. The van der Waals surface area contributed by atoms with Crippen molar-refractivity contribution in [3.63, 3.8) is 0 Å². The van der Waals surface area contributed by atoms with Gasteiger partial charge in [-0.2, -0.15) is 0 Å². The summed E-state index contributed by atoms with van der Waals surface area (Å²) in [5.74, 6) is -0.148. The van der Waals surface area contributed by atoms with Gasteiger partial charge in [0, 0.05) is 31.9 Å². The van der Waals surface area contributed by atoms with E-state index >= 15 is 0 Å². The van der Waals surface area contributed by atoms with E-state index in [0.29, 0.717) is 23.7 Å². The van der Waals surface area contributed by atoms with Crippen molar-refractivity contribution in [1.29, 1.82) is 0 Å². The molecule has 0 unspecified atom stereocenters. The number of ether oxygens (including phenoxy) is 1. The van der Waals surface area contributed by atoms with Crippen molar-refractivity contribution in [2.45, 2.75) is 25.6 Å². The van der Waals surface area contributed by atoms with Crippen LogP contribution in [0, 0.1) is 0 Å². The van der Waals surface area contributed by atoms with E-state index < -0.39 is 6.04 Å². The Morgan fingerprint density at radius 1 is 0.811 bits per heavy atom. The lowest BCUT2D eigenvalue weighted by atomic mass is 10.0. The van der Waals surface area contributed by atoms with E-state index in [-0.39, 0.29) is 25.0 Å². The van der Waals surface area contributed by atoms with Crippen molar-refractivity contribution in [3.05, 3.63) is 131 Å². The molecule has 37 heavy (non-hydrogen) atoms. The van der Waals surface area contributed by atoms with Crippen LogP contribution in [-0.2, 0) is 29.1 Å². The lowest BCUT2D eigenvalue weighted by Crippen LogP contribution is -2.51. The van der Waals surface area contributed by atoms with Gasteiger partial charge >= 0.3 is 0 Å². The van der Waals surface area contributed by atoms with Gasteiger partial charge in [-0.25, -0.2) is 0 Å². The van der Waals surface area contributed by atoms with E-state index in [1.807, 2.05) is 72.8 Å². The second-order valence-electron chi connectivity index (χ2n) is 8.51. The second kappa shape index (κ2) is 13.2. The highest BCUT2D eigenvalue weighted by molar-refractivity contribution is 6.32. The molecular weight excluding hydrogens is 486 g/mol. The molecule has 0 aliphatic heterocycles. The molecule has 4 rings (SSSR count). The standard InChI is InChI=1S/C30H28ClN3O3/c31-26-13-7-8-14-28(26)37-22-29(35)34(21-25-11-5-2-6-12-25)27(19-23-9-3-1-4-10-23)30(36)33-20-24-15-17-32-18-16-24/h1-18,27H,19-22H2,(H,33,36)/t27-/m1/s1. The van der Waals surface area contributed by atoms with Crippen molar-refractivity contribution in [2.75, 3.05) is 6.61 Å². The van der Waals surface area contributed by atoms with Crippen molar-refractivity contribution in [3.8, 4) is 5.75 Å². The minimum Gasteiger partial charge on any atom is -0.482 e. The number of rotatable bonds is 11. The molecule has 1 atom stereocenters. The van der Waals surface area contributed by atoms with Crippen LogP contribution in [0.2, 0.25) is 5.02 Å². The highest BCUT2D eigenvalue weighted by Gasteiger charge is 2.30. The molecule has 2 amide bonds. The molecule has 3 aromatic carbocycles. The van der Waals surface area contributed by atoms with Gasteiger partial charge in [-0.3, -0.25) is 14.6 Å². The predicted molar refractivity (Wildman–Crippen MR) is 144 cm³/mol. The molecule has 0 saturated carbocycles. The van der Waals surface area contributed by atoms with Gasteiger partial charge in [0.1, 0.15) is 11.8 Å². The van der Waals surface area contributed by atoms with Crippen molar-refractivity contribution >= 4 is 23.4 Å². The summed E-state index contributed by atoms with van der Waals surface area (Å²) in [4.78, 5) is 32.8. The van der Waals surface area contributed by atoms with E-state index in [4.69, 9.17) is 16.3 Å². The number of nitrogens with one attached hydrogen (secondary N) is 1. The average Bonchev–Trinajstić information content (AvgIpc) is 2.94. The third kappa shape index (κ3) is 7.66. The zero-order chi connectivity index (χ0) is 25.9. The first kappa shape index (κ1) is 25.9. The van der Waals surface area contributed by atoms with Gasteiger partial charge < -0.3 is 15.0 Å². The molecule has 6 nitrogen and oxygen atoms in total. The van der Waals surface area contributed by atoms with Gasteiger partial charge in [0.05, 0.1) is 5.02 Å². The summed E-state index contributed by atoms with van der Waals surface area (Å²) in [5, 5.41) is 3.42. The molecule has 0 aliphatic carbocycles. The Morgan fingerprint density at radius 2 is 1.43 bits per heavy atom. The van der Waals surface area contributed by atoms with E-state index in [9.17, 15) is 9.59 Å². The number of benzene rings is 3. The SMILES string of the molecule is O=C(NCc1ccncc1)[C@@H](Cc1ccccc1)N(Cc1ccccc1)C(=O)COc1ccccc1Cl. The Balaban J connectivity index is 1.60. The zero-order valence-electron chi connectivity index (χ0n) is 20.3. The Morgan fingerprint density at radius 3 is 2.11 bits per heavy atom. The normalized spacial score (nSPS) is 11.4. The Hall–Kier alpha value is -4.16. The van der Waals surface area contributed by atoms with E-state index in [1.165, 1.54) is 0 Å². The predicted octanol–water partition coefficient (Wildman–Crippen LogP) is 5.07. The summed E-state index contributed by atoms with van der Waals surface area (Å²) in [7, 11) is 0. The van der Waals surface area contributed by atoms with Crippen LogP contribution >= 0.6 is 11.6 Å². The summed E-state index contributed by atoms with van der Waals surface area (Å²) >= 11 is 6.22. The number of amides is 2. The van der Waals surface area contributed by atoms with Gasteiger partial charge in [0.25, 0.3) is 5.91 Å². The molecule has 0 fully saturated rings. The van der Waals surface area contributed by atoms with Crippen LogP contribution in [0.1, 0.15) is 16.7 Å². The molecular formula is C30H28ClN3O3. The number of hydrogen-bond donors (Lipinski definition) is 1. The van der Waals surface area contributed by atoms with Crippen molar-refractivity contribution in [1.82, 2.24) is 15.2 Å². The first-order valence-electron chi connectivity index (χ1n) is 12.0. The van der Waals surface area contributed by atoms with Crippen LogP contribution in [0.4, 0.5) is 0 Å². The molecule has 1 N–H and O–H groups in total. The van der Waals surface area contributed by atoms with E-state index in [0.717, 1.165) is 16.7 Å². The Labute approximate surface area is 221 Å². The summed E-state index contributed by atoms with van der Waals surface area (Å²) in [6.07, 6.45) is 3.72. The highest BCUT2D eigenvalue weighted by atomic mass is 35.5. The first-order valence-corrected chi connectivity index (χ1v) is 12.4. The van der Waals surface area contributed by atoms with Gasteiger partial charge in [-0.05, 0) is 41.0 Å². The number of pyridine rings is 1. The summed E-state index contributed by atoms with van der Waals surface area (Å²) < 4.78 is 5.76. The molecule has 4 aromatic rings. The van der Waals surface area contributed by atoms with Crippen LogP contribution in [0.3, 0.4) is 0 Å². The van der Waals surface area contributed by atoms with Gasteiger partial charge in [-0.15, -0.1) is 0 Å². The average molecular weight is 514 g/mol. The number of carbonyl (C=O) groups excluding carboxylic acids is 2. The maximum Gasteiger partial charge on any atom is 0.261 e. The third-order valence-electron chi connectivity index (χ3n) is 5.87. The van der Waals surface area contributed by atoms with Crippen molar-refractivity contribution < 1.29 is 14.3 Å². The Bertz CT molecular complexity index is 1290. The molecule has 1 aromatic heterocycles. The lowest BCUT2D eigenvalue weighted by Gasteiger charge is -2.31. The zero-order valence-corrected chi connectivity index (χ0v) is 21.1. The molecule has 0 radical (unpaired) electrons. The Kier molecular flexibility index (Phi) is 9.27. The molecule has 188 valence electrons. The fourth-order valence-electron chi connectivity index (χ4n) is 3.93. The molecule has 1 heterocycles.